The largest absolute Gasteiger partial charge is 0.308 e. The molecule has 4 heterocycles. The second-order valence-corrected chi connectivity index (χ2v) is 16.3. The maximum absolute atomic E-state index is 5.74. The Balaban J connectivity index is 1.22. The van der Waals surface area contributed by atoms with E-state index in [4.69, 9.17) is 9.97 Å². The molecule has 3 nitrogen and oxygen atoms in total. The van der Waals surface area contributed by atoms with E-state index in [9.17, 15) is 0 Å². The molecule has 0 saturated heterocycles. The lowest BCUT2D eigenvalue weighted by molar-refractivity contribution is 0.611. The number of rotatable bonds is 3. The van der Waals surface area contributed by atoms with Crippen LogP contribution in [0.5, 0.6) is 0 Å². The number of para-hydroxylation sites is 2. The van der Waals surface area contributed by atoms with Gasteiger partial charge in [-0.3, -0.25) is 0 Å². The molecule has 6 aromatic carbocycles. The first kappa shape index (κ1) is 30.4. The van der Waals surface area contributed by atoms with E-state index in [-0.39, 0.29) is 11.8 Å². The summed E-state index contributed by atoms with van der Waals surface area (Å²) in [6, 6.07) is 47.2. The van der Waals surface area contributed by atoms with E-state index in [1.165, 1.54) is 86.3 Å². The number of hydrogen-bond donors (Lipinski definition) is 0. The molecule has 0 radical (unpaired) electrons. The molecule has 54 heavy (non-hydrogen) atoms. The lowest BCUT2D eigenvalue weighted by Gasteiger charge is -2.24. The molecule has 4 heteroatoms. The Labute approximate surface area is 316 Å². The van der Waals surface area contributed by atoms with Crippen LogP contribution in [0.2, 0.25) is 0 Å². The van der Waals surface area contributed by atoms with Gasteiger partial charge in [0.05, 0.1) is 32.5 Å². The molecule has 0 saturated carbocycles. The van der Waals surface area contributed by atoms with Gasteiger partial charge in [-0.2, -0.15) is 0 Å². The van der Waals surface area contributed by atoms with Gasteiger partial charge >= 0.3 is 0 Å². The zero-order chi connectivity index (χ0) is 35.5. The molecule has 0 bridgehead atoms. The molecule has 0 spiro atoms. The summed E-state index contributed by atoms with van der Waals surface area (Å²) in [5.41, 5.74) is 13.9. The number of allylic oxidation sites excluding steroid dienone is 4. The van der Waals surface area contributed by atoms with Crippen molar-refractivity contribution in [3.05, 3.63) is 174 Å². The Kier molecular flexibility index (Phi) is 6.44. The molecule has 12 rings (SSSR count). The normalized spacial score (nSPS) is 18.4. The van der Waals surface area contributed by atoms with Crippen LogP contribution in [0.1, 0.15) is 47.8 Å². The van der Waals surface area contributed by atoms with Gasteiger partial charge in [0.15, 0.2) is 0 Å². The lowest BCUT2D eigenvalue weighted by atomic mass is 9.84. The monoisotopic (exact) mass is 709 g/mol. The summed E-state index contributed by atoms with van der Waals surface area (Å²) in [5, 5.41) is 6.46. The topological polar surface area (TPSA) is 30.2 Å². The van der Waals surface area contributed by atoms with Crippen molar-refractivity contribution in [2.75, 3.05) is 0 Å². The van der Waals surface area contributed by atoms with E-state index in [1.807, 2.05) is 11.3 Å². The molecule has 2 aliphatic rings. The van der Waals surface area contributed by atoms with Crippen molar-refractivity contribution in [1.82, 2.24) is 14.4 Å². The van der Waals surface area contributed by atoms with Crippen LogP contribution in [-0.2, 0) is 6.42 Å². The van der Waals surface area contributed by atoms with Gasteiger partial charge in [0.25, 0.3) is 0 Å². The molecule has 10 aromatic rings. The van der Waals surface area contributed by atoms with Crippen molar-refractivity contribution >= 4 is 69.7 Å². The Morgan fingerprint density at radius 1 is 0.648 bits per heavy atom. The molecule has 2 aliphatic carbocycles. The van der Waals surface area contributed by atoms with E-state index < -0.39 is 0 Å². The van der Waals surface area contributed by atoms with Crippen molar-refractivity contribution in [3.63, 3.8) is 0 Å². The second-order valence-electron chi connectivity index (χ2n) is 15.2. The third-order valence-corrected chi connectivity index (χ3v) is 13.5. The van der Waals surface area contributed by atoms with Gasteiger partial charge in [-0.05, 0) is 82.5 Å². The molecule has 0 aliphatic heterocycles. The maximum Gasteiger partial charge on any atom is 0.136 e. The van der Waals surface area contributed by atoms with Gasteiger partial charge in [0, 0.05) is 43.5 Å². The first-order chi connectivity index (χ1) is 26.7. The number of hydrogen-bond acceptors (Lipinski definition) is 3. The minimum atomic E-state index is -0.00942. The SMILES string of the molecule is CC1C=CC=CC1c1nc(C2CCc3ccc(-c4ccccc4)cc3-c3cc4c5ccccc5n5c6ccccc6c(c32)c45)nc2c1sc1ccccc12. The van der Waals surface area contributed by atoms with Crippen LogP contribution in [0.15, 0.2) is 152 Å². The summed E-state index contributed by atoms with van der Waals surface area (Å²) in [6.45, 7) is 2.32. The van der Waals surface area contributed by atoms with Crippen molar-refractivity contribution < 1.29 is 0 Å². The average molecular weight is 710 g/mol. The standard InChI is InChI=1S/C50H35N3S/c1-29-13-5-6-16-33(29)46-49-47(36-19-9-12-22-43(36)54-49)52-50(51-46)37-26-25-31-23-24-32(30-14-3-2-4-15-30)27-38(31)39-28-40-34-17-7-10-20-41(34)53-42-21-11-8-18-35(42)45(44(37)39)48(40)53/h2-24,27-29,33,37H,25-26H2,1H3. The molecule has 3 atom stereocenters. The van der Waals surface area contributed by atoms with E-state index >= 15 is 0 Å². The van der Waals surface area contributed by atoms with Crippen LogP contribution in [0.3, 0.4) is 0 Å². The van der Waals surface area contributed by atoms with Crippen LogP contribution in [0.25, 0.3) is 80.7 Å². The van der Waals surface area contributed by atoms with Crippen LogP contribution < -0.4 is 0 Å². The minimum Gasteiger partial charge on any atom is -0.308 e. The van der Waals surface area contributed by atoms with Crippen molar-refractivity contribution in [2.45, 2.75) is 31.6 Å². The first-order valence-corrected chi connectivity index (χ1v) is 20.0. The van der Waals surface area contributed by atoms with Crippen molar-refractivity contribution in [2.24, 2.45) is 5.92 Å². The van der Waals surface area contributed by atoms with Gasteiger partial charge in [0.1, 0.15) is 5.82 Å². The highest BCUT2D eigenvalue weighted by molar-refractivity contribution is 7.25. The van der Waals surface area contributed by atoms with Gasteiger partial charge < -0.3 is 4.40 Å². The third-order valence-electron chi connectivity index (χ3n) is 12.3. The molecular formula is C50H35N3S. The van der Waals surface area contributed by atoms with Crippen LogP contribution in [0.4, 0.5) is 0 Å². The summed E-state index contributed by atoms with van der Waals surface area (Å²) in [7, 11) is 0. The fraction of sp³-hybridized carbons (Fsp3) is 0.120. The minimum absolute atomic E-state index is 0.00942. The fourth-order valence-electron chi connectivity index (χ4n) is 9.76. The first-order valence-electron chi connectivity index (χ1n) is 19.1. The highest BCUT2D eigenvalue weighted by Gasteiger charge is 2.34. The van der Waals surface area contributed by atoms with Gasteiger partial charge in [-0.1, -0.05) is 128 Å². The molecule has 0 amide bonds. The quantitative estimate of drug-likeness (QED) is 0.183. The molecule has 0 fully saturated rings. The Hall–Kier alpha value is -6.10. The Morgan fingerprint density at radius 3 is 2.24 bits per heavy atom. The number of thiophene rings is 1. The Bertz CT molecular complexity index is 3200. The molecule has 3 unspecified atom stereocenters. The smallest absolute Gasteiger partial charge is 0.136 e. The number of benzene rings is 6. The number of nitrogens with zero attached hydrogens (tertiary/aromatic N) is 3. The summed E-state index contributed by atoms with van der Waals surface area (Å²) in [4.78, 5) is 11.4. The highest BCUT2D eigenvalue weighted by Crippen LogP contribution is 2.52. The second kappa shape index (κ2) is 11.4. The van der Waals surface area contributed by atoms with Crippen LogP contribution in [0, 0.1) is 5.92 Å². The highest BCUT2D eigenvalue weighted by atomic mass is 32.1. The predicted octanol–water partition coefficient (Wildman–Crippen LogP) is 13.3. The molecule has 4 aromatic heterocycles. The van der Waals surface area contributed by atoms with Gasteiger partial charge in [-0.25, -0.2) is 9.97 Å². The van der Waals surface area contributed by atoms with E-state index in [0.29, 0.717) is 5.92 Å². The van der Waals surface area contributed by atoms with E-state index in [0.717, 1.165) is 29.9 Å². The van der Waals surface area contributed by atoms with Crippen LogP contribution >= 0.6 is 11.3 Å². The maximum atomic E-state index is 5.74. The fourth-order valence-corrected chi connectivity index (χ4v) is 10.9. The van der Waals surface area contributed by atoms with Crippen LogP contribution in [-0.4, -0.2) is 14.4 Å². The number of fused-ring (bicyclic) bond motifs is 13. The summed E-state index contributed by atoms with van der Waals surface area (Å²) in [5.74, 6) is 1.46. The van der Waals surface area contributed by atoms with Gasteiger partial charge in [-0.15, -0.1) is 11.3 Å². The zero-order valence-corrected chi connectivity index (χ0v) is 30.6. The average Bonchev–Trinajstić information content (AvgIpc) is 3.85. The number of aryl methyl sites for hydroxylation is 1. The Morgan fingerprint density at radius 2 is 1.39 bits per heavy atom. The van der Waals surface area contributed by atoms with E-state index in [1.54, 1.807) is 0 Å². The predicted molar refractivity (Wildman–Crippen MR) is 227 cm³/mol. The summed E-state index contributed by atoms with van der Waals surface area (Å²) < 4.78 is 5.00. The molecule has 0 N–H and O–H groups in total. The van der Waals surface area contributed by atoms with Crippen molar-refractivity contribution in [3.8, 4) is 22.3 Å². The third kappa shape index (κ3) is 4.23. The summed E-state index contributed by atoms with van der Waals surface area (Å²) >= 11 is 1.84. The van der Waals surface area contributed by atoms with Crippen molar-refractivity contribution in [1.29, 1.82) is 0 Å². The van der Waals surface area contributed by atoms with E-state index in [2.05, 4.69) is 163 Å². The van der Waals surface area contributed by atoms with Gasteiger partial charge in [0.2, 0.25) is 0 Å². The summed E-state index contributed by atoms with van der Waals surface area (Å²) in [6.07, 6.45) is 10.9. The zero-order valence-electron chi connectivity index (χ0n) is 29.8. The number of aromatic nitrogens is 3. The molecule has 256 valence electrons. The lowest BCUT2D eigenvalue weighted by Crippen LogP contribution is -2.14. The molecular weight excluding hydrogens is 675 g/mol.